The molecule has 186 valence electrons. The predicted octanol–water partition coefficient (Wildman–Crippen LogP) is 3.13. The smallest absolute Gasteiger partial charge is 0.267 e. The number of rotatable bonds is 10. The number of primary amides is 1. The fourth-order valence-electron chi connectivity index (χ4n) is 4.19. The quantitative estimate of drug-likeness (QED) is 0.441. The molecule has 2 aromatic carbocycles. The van der Waals surface area contributed by atoms with Gasteiger partial charge < -0.3 is 29.4 Å². The summed E-state index contributed by atoms with van der Waals surface area (Å²) in [5, 5.41) is 1.63. The lowest BCUT2D eigenvalue weighted by molar-refractivity contribution is 0.0358. The van der Waals surface area contributed by atoms with Crippen LogP contribution in [0, 0.1) is 0 Å². The van der Waals surface area contributed by atoms with E-state index in [0.717, 1.165) is 55.8 Å². The Kier molecular flexibility index (Phi) is 7.89. The van der Waals surface area contributed by atoms with Crippen LogP contribution in [0.25, 0.3) is 22.0 Å². The van der Waals surface area contributed by atoms with Crippen LogP contribution in [0.1, 0.15) is 16.9 Å². The van der Waals surface area contributed by atoms with Crippen molar-refractivity contribution in [3.8, 4) is 34.3 Å². The van der Waals surface area contributed by atoms with E-state index in [-0.39, 0.29) is 5.69 Å². The third-order valence-corrected chi connectivity index (χ3v) is 5.98. The molecule has 4 rings (SSSR count). The van der Waals surface area contributed by atoms with Gasteiger partial charge in [0, 0.05) is 30.6 Å². The Bertz CT molecular complexity index is 1170. The van der Waals surface area contributed by atoms with Gasteiger partial charge in [-0.05, 0) is 48.2 Å². The Morgan fingerprint density at radius 2 is 1.74 bits per heavy atom. The summed E-state index contributed by atoms with van der Waals surface area (Å²) in [5.74, 6) is 1.55. The highest BCUT2D eigenvalue weighted by Crippen LogP contribution is 2.42. The normalized spacial score (nSPS) is 14.0. The zero-order valence-electron chi connectivity index (χ0n) is 20.3. The molecule has 35 heavy (non-hydrogen) atoms. The van der Waals surface area contributed by atoms with Crippen LogP contribution in [0.3, 0.4) is 0 Å². The second kappa shape index (κ2) is 11.2. The van der Waals surface area contributed by atoms with E-state index in [2.05, 4.69) is 9.88 Å². The maximum atomic E-state index is 12.1. The number of hydrogen-bond acceptors (Lipinski definition) is 8. The van der Waals surface area contributed by atoms with Gasteiger partial charge in [0.05, 0.1) is 46.8 Å². The van der Waals surface area contributed by atoms with E-state index in [4.69, 9.17) is 29.4 Å². The van der Waals surface area contributed by atoms with Gasteiger partial charge in [0.25, 0.3) is 5.91 Å². The summed E-state index contributed by atoms with van der Waals surface area (Å²) in [4.78, 5) is 19.0. The SMILES string of the molecule is COc1cc(-c2nc(C(N)=O)cc3cc(OCCCN4CCOCC4)ccc23)cc(OC)c1OC. The molecule has 0 saturated carbocycles. The first-order valence-corrected chi connectivity index (χ1v) is 11.5. The van der Waals surface area contributed by atoms with Crippen LogP contribution in [0.2, 0.25) is 0 Å². The van der Waals surface area contributed by atoms with Crippen LogP contribution >= 0.6 is 0 Å². The fraction of sp³-hybridized carbons (Fsp3) is 0.385. The first-order valence-electron chi connectivity index (χ1n) is 11.5. The van der Waals surface area contributed by atoms with E-state index in [1.165, 1.54) is 0 Å². The van der Waals surface area contributed by atoms with Crippen LogP contribution < -0.4 is 24.7 Å². The molecule has 0 atom stereocenters. The van der Waals surface area contributed by atoms with Crippen molar-refractivity contribution in [1.29, 1.82) is 0 Å². The van der Waals surface area contributed by atoms with Crippen LogP contribution in [0.4, 0.5) is 0 Å². The van der Waals surface area contributed by atoms with Gasteiger partial charge in [0.15, 0.2) is 11.5 Å². The summed E-state index contributed by atoms with van der Waals surface area (Å²) < 4.78 is 27.8. The van der Waals surface area contributed by atoms with Gasteiger partial charge in [0.2, 0.25) is 5.75 Å². The van der Waals surface area contributed by atoms with Gasteiger partial charge >= 0.3 is 0 Å². The second-order valence-electron chi connectivity index (χ2n) is 8.17. The summed E-state index contributed by atoms with van der Waals surface area (Å²) in [7, 11) is 4.65. The number of hydrogen-bond donors (Lipinski definition) is 1. The predicted molar refractivity (Wildman–Crippen MR) is 133 cm³/mol. The van der Waals surface area contributed by atoms with Crippen LogP contribution in [-0.2, 0) is 4.74 Å². The van der Waals surface area contributed by atoms with Crippen molar-refractivity contribution in [2.75, 3.05) is 60.8 Å². The van der Waals surface area contributed by atoms with E-state index in [1.54, 1.807) is 39.5 Å². The zero-order chi connectivity index (χ0) is 24.8. The van der Waals surface area contributed by atoms with E-state index >= 15 is 0 Å². The first kappa shape index (κ1) is 24.6. The number of aromatic nitrogens is 1. The highest BCUT2D eigenvalue weighted by molar-refractivity contribution is 6.01. The molecular weight excluding hydrogens is 450 g/mol. The molecule has 2 heterocycles. The molecule has 0 radical (unpaired) electrons. The maximum absolute atomic E-state index is 12.1. The van der Waals surface area contributed by atoms with Crippen molar-refractivity contribution < 1.29 is 28.5 Å². The Hall–Kier alpha value is -3.56. The minimum atomic E-state index is -0.613. The number of nitrogens with two attached hydrogens (primary N) is 1. The molecule has 0 spiro atoms. The fourth-order valence-corrected chi connectivity index (χ4v) is 4.19. The first-order chi connectivity index (χ1) is 17.0. The average Bonchev–Trinajstić information content (AvgIpc) is 2.89. The van der Waals surface area contributed by atoms with Crippen molar-refractivity contribution in [3.05, 3.63) is 42.1 Å². The minimum absolute atomic E-state index is 0.158. The summed E-state index contributed by atoms with van der Waals surface area (Å²) >= 11 is 0. The third-order valence-electron chi connectivity index (χ3n) is 5.98. The molecule has 0 unspecified atom stereocenters. The van der Waals surface area contributed by atoms with E-state index < -0.39 is 5.91 Å². The molecule has 1 aromatic heterocycles. The molecule has 9 heteroatoms. The number of carbonyl (C=O) groups is 1. The average molecular weight is 482 g/mol. The van der Waals surface area contributed by atoms with Gasteiger partial charge in [0.1, 0.15) is 11.4 Å². The van der Waals surface area contributed by atoms with E-state index in [0.29, 0.717) is 35.1 Å². The molecule has 2 N–H and O–H groups in total. The number of fused-ring (bicyclic) bond motifs is 1. The number of carbonyl (C=O) groups excluding carboxylic acids is 1. The van der Waals surface area contributed by atoms with Crippen LogP contribution in [0.5, 0.6) is 23.0 Å². The van der Waals surface area contributed by atoms with Gasteiger partial charge in [-0.25, -0.2) is 4.98 Å². The summed E-state index contributed by atoms with van der Waals surface area (Å²) in [5.41, 5.74) is 7.04. The van der Waals surface area contributed by atoms with Crippen molar-refractivity contribution in [2.24, 2.45) is 5.73 Å². The molecule has 1 saturated heterocycles. The lowest BCUT2D eigenvalue weighted by atomic mass is 10.0. The molecule has 1 aliphatic heterocycles. The molecule has 1 fully saturated rings. The number of amides is 1. The van der Waals surface area contributed by atoms with Crippen molar-refractivity contribution in [3.63, 3.8) is 0 Å². The van der Waals surface area contributed by atoms with E-state index in [9.17, 15) is 4.79 Å². The maximum Gasteiger partial charge on any atom is 0.267 e. The molecule has 1 amide bonds. The van der Waals surface area contributed by atoms with Crippen LogP contribution in [-0.4, -0.2) is 76.6 Å². The number of nitrogens with zero attached hydrogens (tertiary/aromatic N) is 2. The van der Waals surface area contributed by atoms with Crippen molar-refractivity contribution >= 4 is 16.7 Å². The Labute approximate surface area is 204 Å². The second-order valence-corrected chi connectivity index (χ2v) is 8.17. The molecular formula is C26H31N3O6. The lowest BCUT2D eigenvalue weighted by Gasteiger charge is -2.26. The Morgan fingerprint density at radius 3 is 2.37 bits per heavy atom. The standard InChI is InChI=1S/C26H31N3O6/c1-31-22-15-18(16-23(32-2)25(22)33-3)24-20-6-5-19(13-17(20)14-21(28-24)26(27)30)35-10-4-7-29-8-11-34-12-9-29/h5-6,13-16H,4,7-12H2,1-3H3,(H2,27,30). The molecule has 1 aliphatic rings. The van der Waals surface area contributed by atoms with Crippen molar-refractivity contribution in [2.45, 2.75) is 6.42 Å². The van der Waals surface area contributed by atoms with Gasteiger partial charge in [-0.15, -0.1) is 0 Å². The van der Waals surface area contributed by atoms with Gasteiger partial charge in [-0.1, -0.05) is 0 Å². The highest BCUT2D eigenvalue weighted by Gasteiger charge is 2.18. The lowest BCUT2D eigenvalue weighted by Crippen LogP contribution is -2.37. The van der Waals surface area contributed by atoms with Crippen LogP contribution in [0.15, 0.2) is 36.4 Å². The molecule has 0 aliphatic carbocycles. The summed E-state index contributed by atoms with van der Waals surface area (Å²) in [6.07, 6.45) is 0.914. The molecule has 0 bridgehead atoms. The number of ether oxygens (including phenoxy) is 5. The van der Waals surface area contributed by atoms with Crippen molar-refractivity contribution in [1.82, 2.24) is 9.88 Å². The number of methoxy groups -OCH3 is 3. The minimum Gasteiger partial charge on any atom is -0.494 e. The Morgan fingerprint density at radius 1 is 1.03 bits per heavy atom. The number of benzene rings is 2. The number of morpholine rings is 1. The van der Waals surface area contributed by atoms with Gasteiger partial charge in [-0.3, -0.25) is 9.69 Å². The monoisotopic (exact) mass is 481 g/mol. The summed E-state index contributed by atoms with van der Waals surface area (Å²) in [6, 6.07) is 11.0. The Balaban J connectivity index is 1.64. The highest BCUT2D eigenvalue weighted by atomic mass is 16.5. The molecule has 9 nitrogen and oxygen atoms in total. The van der Waals surface area contributed by atoms with E-state index in [1.807, 2.05) is 18.2 Å². The van der Waals surface area contributed by atoms with Gasteiger partial charge in [-0.2, -0.15) is 0 Å². The zero-order valence-corrected chi connectivity index (χ0v) is 20.3. The number of pyridine rings is 1. The third kappa shape index (κ3) is 5.58. The summed E-state index contributed by atoms with van der Waals surface area (Å²) in [6.45, 7) is 5.06. The topological polar surface area (TPSA) is 105 Å². The largest absolute Gasteiger partial charge is 0.494 e. The molecule has 3 aromatic rings.